The molecule has 1 aliphatic carbocycles. The molecule has 0 aromatic heterocycles. The van der Waals surface area contributed by atoms with Gasteiger partial charge in [0.1, 0.15) is 0 Å². The van der Waals surface area contributed by atoms with Crippen molar-refractivity contribution >= 4 is 30.9 Å². The first-order valence-corrected chi connectivity index (χ1v) is 11.3. The molecule has 0 aromatic rings. The van der Waals surface area contributed by atoms with Gasteiger partial charge in [-0.3, -0.25) is 0 Å². The van der Waals surface area contributed by atoms with E-state index in [4.69, 9.17) is 4.43 Å². The molecule has 3 heteroatoms. The lowest BCUT2D eigenvalue weighted by Crippen LogP contribution is -2.52. The van der Waals surface area contributed by atoms with Crippen LogP contribution in [0.25, 0.3) is 0 Å². The van der Waals surface area contributed by atoms with Gasteiger partial charge >= 0.3 is 0 Å². The van der Waals surface area contributed by atoms with Crippen LogP contribution in [0.4, 0.5) is 0 Å². The van der Waals surface area contributed by atoms with Crippen LogP contribution in [0.3, 0.4) is 0 Å². The molecular formula is C17H33IOSi. The Hall–Kier alpha value is 0.647. The summed E-state index contributed by atoms with van der Waals surface area (Å²) in [6, 6.07) is 0. The van der Waals surface area contributed by atoms with E-state index in [0.29, 0.717) is 22.7 Å². The van der Waals surface area contributed by atoms with Crippen molar-refractivity contribution in [2.45, 2.75) is 91.0 Å². The molecule has 1 nitrogen and oxygen atoms in total. The molecule has 0 aromatic carbocycles. The Morgan fingerprint density at radius 1 is 1.10 bits per heavy atom. The van der Waals surface area contributed by atoms with Gasteiger partial charge in [0.2, 0.25) is 8.32 Å². The van der Waals surface area contributed by atoms with Crippen molar-refractivity contribution < 1.29 is 4.43 Å². The molecule has 118 valence electrons. The normalized spacial score (nSPS) is 23.6. The fraction of sp³-hybridized carbons (Fsp3) is 0.882. The fourth-order valence-corrected chi connectivity index (χ4v) is 10.1. The molecule has 0 aliphatic heterocycles. The lowest BCUT2D eigenvalue weighted by atomic mass is 9.79. The van der Waals surface area contributed by atoms with Crippen LogP contribution in [0.2, 0.25) is 16.6 Å². The van der Waals surface area contributed by atoms with Crippen LogP contribution in [-0.2, 0) is 4.43 Å². The predicted octanol–water partition coefficient (Wildman–Crippen LogP) is 6.69. The predicted molar refractivity (Wildman–Crippen MR) is 101 cm³/mol. The summed E-state index contributed by atoms with van der Waals surface area (Å²) in [5.41, 5.74) is 2.25. The molecule has 1 atom stereocenters. The molecule has 0 saturated carbocycles. The van der Waals surface area contributed by atoms with Crippen molar-refractivity contribution in [1.82, 2.24) is 0 Å². The Morgan fingerprint density at radius 2 is 1.55 bits per heavy atom. The third kappa shape index (κ3) is 3.69. The lowest BCUT2D eigenvalue weighted by Gasteiger charge is -2.48. The van der Waals surface area contributed by atoms with Gasteiger partial charge in [-0.2, -0.15) is 0 Å². The zero-order valence-electron chi connectivity index (χ0n) is 14.6. The molecule has 0 heterocycles. The topological polar surface area (TPSA) is 9.23 Å². The molecular weight excluding hydrogens is 375 g/mol. The van der Waals surface area contributed by atoms with Gasteiger partial charge in [-0.1, -0.05) is 55.4 Å². The molecule has 1 aliphatic rings. The molecule has 0 saturated heterocycles. The van der Waals surface area contributed by atoms with E-state index in [9.17, 15) is 0 Å². The molecule has 0 spiro atoms. The van der Waals surface area contributed by atoms with Gasteiger partial charge in [0.05, 0.1) is 6.10 Å². The van der Waals surface area contributed by atoms with E-state index in [2.05, 4.69) is 84.1 Å². The summed E-state index contributed by atoms with van der Waals surface area (Å²) in [5.74, 6) is 0. The van der Waals surface area contributed by atoms with E-state index in [1.54, 1.807) is 0 Å². The van der Waals surface area contributed by atoms with Crippen LogP contribution in [0, 0.1) is 5.41 Å². The highest BCUT2D eigenvalue weighted by atomic mass is 127. The van der Waals surface area contributed by atoms with Gasteiger partial charge < -0.3 is 4.43 Å². The molecule has 1 rings (SSSR count). The number of hydrogen-bond acceptors (Lipinski definition) is 1. The first-order valence-electron chi connectivity index (χ1n) is 8.08. The average Bonchev–Trinajstić information content (AvgIpc) is 2.28. The second-order valence-electron chi connectivity index (χ2n) is 7.96. The maximum absolute atomic E-state index is 7.01. The zero-order chi connectivity index (χ0) is 15.7. The Labute approximate surface area is 141 Å². The van der Waals surface area contributed by atoms with E-state index < -0.39 is 8.32 Å². The van der Waals surface area contributed by atoms with Crippen molar-refractivity contribution in [2.75, 3.05) is 0 Å². The van der Waals surface area contributed by atoms with E-state index in [1.165, 1.54) is 16.4 Å². The van der Waals surface area contributed by atoms with Gasteiger partial charge in [-0.25, -0.2) is 0 Å². The summed E-state index contributed by atoms with van der Waals surface area (Å²) >= 11 is 2.49. The van der Waals surface area contributed by atoms with Gasteiger partial charge in [-0.15, -0.1) is 0 Å². The summed E-state index contributed by atoms with van der Waals surface area (Å²) in [4.78, 5) is 0. The summed E-state index contributed by atoms with van der Waals surface area (Å²) in [7, 11) is -1.78. The number of allylic oxidation sites excluding steroid dienone is 1. The Balaban J connectivity index is 3.15. The lowest BCUT2D eigenvalue weighted by molar-refractivity contribution is 0.0816. The van der Waals surface area contributed by atoms with Gasteiger partial charge in [0.25, 0.3) is 0 Å². The first-order chi connectivity index (χ1) is 9.04. The highest BCUT2D eigenvalue weighted by Crippen LogP contribution is 2.47. The summed E-state index contributed by atoms with van der Waals surface area (Å²) in [6.07, 6.45) is 5.15. The monoisotopic (exact) mass is 408 g/mol. The van der Waals surface area contributed by atoms with E-state index >= 15 is 0 Å². The summed E-state index contributed by atoms with van der Waals surface area (Å²) in [5, 5.41) is 0. The number of rotatable bonds is 5. The minimum absolute atomic E-state index is 0.269. The highest BCUT2D eigenvalue weighted by Gasteiger charge is 2.48. The van der Waals surface area contributed by atoms with Crippen molar-refractivity contribution in [3.8, 4) is 0 Å². The van der Waals surface area contributed by atoms with E-state index in [1.807, 2.05) is 0 Å². The second-order valence-corrected chi connectivity index (χ2v) is 14.8. The van der Waals surface area contributed by atoms with Crippen molar-refractivity contribution in [2.24, 2.45) is 5.41 Å². The first kappa shape index (κ1) is 18.7. The van der Waals surface area contributed by atoms with Gasteiger partial charge in [0, 0.05) is 0 Å². The standard InChI is InChI=1S/C17H33IOSi/c1-12(2)20(13(3)4,14(5)6)19-16-11-15(18)9-10-17(16,7)8/h11-14,16H,9-10H2,1-8H3. The van der Waals surface area contributed by atoms with Crippen LogP contribution in [-0.4, -0.2) is 14.4 Å². The quantitative estimate of drug-likeness (QED) is 0.364. The van der Waals surface area contributed by atoms with Crippen molar-refractivity contribution in [3.63, 3.8) is 0 Å². The Kier molecular flexibility index (Phi) is 6.38. The van der Waals surface area contributed by atoms with Crippen LogP contribution in [0.15, 0.2) is 9.66 Å². The molecule has 20 heavy (non-hydrogen) atoms. The minimum Gasteiger partial charge on any atom is -0.409 e. The number of hydrogen-bond donors (Lipinski definition) is 0. The molecule has 1 unspecified atom stereocenters. The van der Waals surface area contributed by atoms with Gasteiger partial charge in [-0.05, 0) is 67.1 Å². The van der Waals surface area contributed by atoms with Crippen LogP contribution >= 0.6 is 22.6 Å². The molecule has 0 N–H and O–H groups in total. The Bertz CT molecular complexity index is 336. The largest absolute Gasteiger partial charge is 0.409 e. The second kappa shape index (κ2) is 6.82. The van der Waals surface area contributed by atoms with Crippen molar-refractivity contribution in [3.05, 3.63) is 9.66 Å². The van der Waals surface area contributed by atoms with E-state index in [-0.39, 0.29) is 5.41 Å². The Morgan fingerprint density at radius 3 is 1.95 bits per heavy atom. The summed E-state index contributed by atoms with van der Waals surface area (Å²) < 4.78 is 8.48. The molecule has 0 radical (unpaired) electrons. The molecule has 0 amide bonds. The highest BCUT2D eigenvalue weighted by molar-refractivity contribution is 14.1. The van der Waals surface area contributed by atoms with Crippen LogP contribution in [0.1, 0.15) is 68.2 Å². The summed E-state index contributed by atoms with van der Waals surface area (Å²) in [6.45, 7) is 19.0. The van der Waals surface area contributed by atoms with Crippen molar-refractivity contribution in [1.29, 1.82) is 0 Å². The minimum atomic E-state index is -1.78. The number of halogens is 1. The van der Waals surface area contributed by atoms with Crippen LogP contribution < -0.4 is 0 Å². The maximum atomic E-state index is 7.01. The van der Waals surface area contributed by atoms with Gasteiger partial charge in [0.15, 0.2) is 0 Å². The fourth-order valence-electron chi connectivity index (χ4n) is 3.88. The third-order valence-electron chi connectivity index (χ3n) is 5.15. The smallest absolute Gasteiger partial charge is 0.201 e. The van der Waals surface area contributed by atoms with Crippen LogP contribution in [0.5, 0.6) is 0 Å². The zero-order valence-corrected chi connectivity index (χ0v) is 17.7. The van der Waals surface area contributed by atoms with E-state index in [0.717, 1.165) is 0 Å². The maximum Gasteiger partial charge on any atom is 0.201 e. The average molecular weight is 408 g/mol. The molecule has 0 bridgehead atoms. The SMILES string of the molecule is CC(C)[Si](OC1C=C(I)CCC1(C)C)(C(C)C)C(C)C. The molecule has 0 fully saturated rings. The third-order valence-corrected chi connectivity index (χ3v) is 12.1.